The van der Waals surface area contributed by atoms with Crippen LogP contribution in [0.2, 0.25) is 0 Å². The van der Waals surface area contributed by atoms with Gasteiger partial charge in [0.1, 0.15) is 6.04 Å². The zero-order valence-corrected chi connectivity index (χ0v) is 14.1. The summed E-state index contributed by atoms with van der Waals surface area (Å²) in [6, 6.07) is 1.46. The van der Waals surface area contributed by atoms with Crippen LogP contribution in [0.3, 0.4) is 0 Å². The first-order chi connectivity index (χ1) is 10.8. The number of carbonyl (C=O) groups excluding carboxylic acids is 2. The molecular formula is C16H23N5O2. The number of rotatable bonds is 5. The molecule has 2 rings (SSSR count). The average molecular weight is 317 g/mol. The second kappa shape index (κ2) is 6.76. The summed E-state index contributed by atoms with van der Waals surface area (Å²) in [7, 11) is 0. The van der Waals surface area contributed by atoms with Gasteiger partial charge in [0, 0.05) is 18.4 Å². The maximum absolute atomic E-state index is 12.4. The van der Waals surface area contributed by atoms with Gasteiger partial charge in [0.25, 0.3) is 0 Å². The molecule has 0 aliphatic carbocycles. The van der Waals surface area contributed by atoms with Crippen molar-refractivity contribution in [1.82, 2.24) is 20.1 Å². The van der Waals surface area contributed by atoms with E-state index in [9.17, 15) is 9.59 Å². The number of nitrogens with zero attached hydrogens (tertiary/aromatic N) is 3. The predicted octanol–water partition coefficient (Wildman–Crippen LogP) is 2.11. The molecule has 0 aromatic carbocycles. The Morgan fingerprint density at radius 1 is 1.17 bits per heavy atom. The monoisotopic (exact) mass is 317 g/mol. The third-order valence-corrected chi connectivity index (χ3v) is 3.50. The van der Waals surface area contributed by atoms with Gasteiger partial charge in [0.15, 0.2) is 5.65 Å². The Balaban J connectivity index is 2.20. The molecule has 0 aliphatic rings. The summed E-state index contributed by atoms with van der Waals surface area (Å²) in [4.78, 5) is 28.0. The molecule has 7 nitrogen and oxygen atoms in total. The van der Waals surface area contributed by atoms with Crippen molar-refractivity contribution in [3.8, 4) is 0 Å². The summed E-state index contributed by atoms with van der Waals surface area (Å²) in [6.07, 6.45) is 3.33. The molecule has 0 spiro atoms. The first-order valence-electron chi connectivity index (χ1n) is 7.70. The number of hydrogen-bond donors (Lipinski definition) is 2. The van der Waals surface area contributed by atoms with E-state index >= 15 is 0 Å². The van der Waals surface area contributed by atoms with E-state index in [1.165, 1.54) is 6.92 Å². The van der Waals surface area contributed by atoms with Crippen LogP contribution < -0.4 is 10.6 Å². The van der Waals surface area contributed by atoms with E-state index < -0.39 is 6.04 Å². The third-order valence-electron chi connectivity index (χ3n) is 3.50. The predicted molar refractivity (Wildman–Crippen MR) is 89.0 cm³/mol. The molecule has 7 heteroatoms. The van der Waals surface area contributed by atoms with E-state index in [1.54, 1.807) is 12.4 Å². The minimum Gasteiger partial charge on any atom is -0.344 e. The van der Waals surface area contributed by atoms with Crippen LogP contribution in [-0.4, -0.2) is 32.6 Å². The number of anilines is 1. The fourth-order valence-electron chi connectivity index (χ4n) is 2.36. The summed E-state index contributed by atoms with van der Waals surface area (Å²) in [5, 5.41) is 10.6. The van der Waals surface area contributed by atoms with Gasteiger partial charge in [0.05, 0.1) is 18.1 Å². The number of amides is 2. The molecule has 124 valence electrons. The van der Waals surface area contributed by atoms with Gasteiger partial charge < -0.3 is 10.6 Å². The van der Waals surface area contributed by atoms with E-state index in [1.807, 2.05) is 38.4 Å². The summed E-state index contributed by atoms with van der Waals surface area (Å²) in [5.41, 5.74) is 1.36. The Hall–Kier alpha value is -2.44. The number of hydrogen-bond acceptors (Lipinski definition) is 4. The molecule has 2 heterocycles. The highest BCUT2D eigenvalue weighted by Crippen LogP contribution is 2.19. The summed E-state index contributed by atoms with van der Waals surface area (Å²) >= 11 is 0. The smallest absolute Gasteiger partial charge is 0.247 e. The number of fused-ring (bicyclic) bond motifs is 1. The maximum atomic E-state index is 12.4. The van der Waals surface area contributed by atoms with Crippen molar-refractivity contribution in [3.05, 3.63) is 18.5 Å². The molecule has 0 aliphatic heterocycles. The molecule has 0 unspecified atom stereocenters. The van der Waals surface area contributed by atoms with Crippen LogP contribution in [0.4, 0.5) is 5.69 Å². The zero-order valence-electron chi connectivity index (χ0n) is 14.1. The largest absolute Gasteiger partial charge is 0.344 e. The van der Waals surface area contributed by atoms with Crippen LogP contribution >= 0.6 is 0 Å². The van der Waals surface area contributed by atoms with E-state index in [2.05, 4.69) is 20.7 Å². The lowest BCUT2D eigenvalue weighted by Gasteiger charge is -2.20. The van der Waals surface area contributed by atoms with Gasteiger partial charge in [-0.3, -0.25) is 9.59 Å². The molecule has 1 atom stereocenters. The van der Waals surface area contributed by atoms with Crippen LogP contribution in [0, 0.1) is 5.92 Å². The van der Waals surface area contributed by atoms with Crippen LogP contribution in [0.25, 0.3) is 11.0 Å². The molecule has 2 N–H and O–H groups in total. The molecule has 0 radical (unpaired) electrons. The lowest BCUT2D eigenvalue weighted by Crippen LogP contribution is -2.46. The fraction of sp³-hybridized carbons (Fsp3) is 0.500. The Morgan fingerprint density at radius 2 is 1.87 bits per heavy atom. The number of aromatic nitrogens is 3. The summed E-state index contributed by atoms with van der Waals surface area (Å²) in [5.74, 6) is -0.502. The van der Waals surface area contributed by atoms with Crippen molar-refractivity contribution >= 4 is 28.5 Å². The minimum absolute atomic E-state index is 0.0146. The van der Waals surface area contributed by atoms with Gasteiger partial charge in [-0.1, -0.05) is 13.8 Å². The van der Waals surface area contributed by atoms with Gasteiger partial charge in [-0.25, -0.2) is 9.67 Å². The molecule has 0 fully saturated rings. The van der Waals surface area contributed by atoms with E-state index in [0.717, 1.165) is 11.0 Å². The molecule has 2 aromatic rings. The van der Waals surface area contributed by atoms with Crippen molar-refractivity contribution in [2.24, 2.45) is 5.92 Å². The molecule has 0 saturated carbocycles. The molecular weight excluding hydrogens is 294 g/mol. The molecule has 0 bridgehead atoms. The second-order valence-corrected chi connectivity index (χ2v) is 6.23. The Bertz CT molecular complexity index is 720. The topological polar surface area (TPSA) is 88.9 Å². The van der Waals surface area contributed by atoms with E-state index in [0.29, 0.717) is 5.69 Å². The fourth-order valence-corrected chi connectivity index (χ4v) is 2.36. The van der Waals surface area contributed by atoms with Crippen LogP contribution in [-0.2, 0) is 9.59 Å². The second-order valence-electron chi connectivity index (χ2n) is 6.23. The highest BCUT2D eigenvalue weighted by molar-refractivity contribution is 5.98. The Morgan fingerprint density at radius 3 is 2.43 bits per heavy atom. The third kappa shape index (κ3) is 3.85. The molecule has 2 aromatic heterocycles. The van der Waals surface area contributed by atoms with E-state index in [-0.39, 0.29) is 23.8 Å². The van der Waals surface area contributed by atoms with Gasteiger partial charge >= 0.3 is 0 Å². The van der Waals surface area contributed by atoms with Crippen molar-refractivity contribution < 1.29 is 9.59 Å². The first-order valence-corrected chi connectivity index (χ1v) is 7.70. The van der Waals surface area contributed by atoms with Gasteiger partial charge in [-0.05, 0) is 25.8 Å². The lowest BCUT2D eigenvalue weighted by molar-refractivity contribution is -0.126. The highest BCUT2D eigenvalue weighted by atomic mass is 16.2. The standard InChI is InChI=1S/C16H23N5O2/c1-9(2)14(19-11(5)22)16(23)20-13-6-12-7-18-21(10(3)4)15(12)17-8-13/h6-10,14H,1-5H3,(H,19,22)(H,20,23)/t14-/m1/s1. The summed E-state index contributed by atoms with van der Waals surface area (Å²) < 4.78 is 1.83. The number of pyridine rings is 1. The zero-order chi connectivity index (χ0) is 17.1. The summed E-state index contributed by atoms with van der Waals surface area (Å²) in [6.45, 7) is 9.23. The Labute approximate surface area is 135 Å². The normalized spacial score (nSPS) is 12.7. The van der Waals surface area contributed by atoms with Crippen molar-refractivity contribution in [2.45, 2.75) is 46.7 Å². The Kier molecular flexibility index (Phi) is 4.98. The van der Waals surface area contributed by atoms with Gasteiger partial charge in [-0.2, -0.15) is 5.10 Å². The SMILES string of the molecule is CC(=O)N[C@@H](C(=O)Nc1cnc2c(cnn2C(C)C)c1)C(C)C. The quantitative estimate of drug-likeness (QED) is 0.884. The molecule has 2 amide bonds. The minimum atomic E-state index is -0.582. The van der Waals surface area contributed by atoms with Gasteiger partial charge in [0.2, 0.25) is 11.8 Å². The average Bonchev–Trinajstić information content (AvgIpc) is 2.87. The maximum Gasteiger partial charge on any atom is 0.247 e. The first kappa shape index (κ1) is 16.9. The number of carbonyl (C=O) groups is 2. The van der Waals surface area contributed by atoms with Crippen LogP contribution in [0.1, 0.15) is 40.7 Å². The van der Waals surface area contributed by atoms with Crippen molar-refractivity contribution in [3.63, 3.8) is 0 Å². The lowest BCUT2D eigenvalue weighted by atomic mass is 10.0. The van der Waals surface area contributed by atoms with Crippen molar-refractivity contribution in [1.29, 1.82) is 0 Å². The highest BCUT2D eigenvalue weighted by Gasteiger charge is 2.23. The molecule has 23 heavy (non-hydrogen) atoms. The van der Waals surface area contributed by atoms with Crippen molar-refractivity contribution in [2.75, 3.05) is 5.32 Å². The number of nitrogens with one attached hydrogen (secondary N) is 2. The van der Waals surface area contributed by atoms with E-state index in [4.69, 9.17) is 0 Å². The van der Waals surface area contributed by atoms with Crippen LogP contribution in [0.15, 0.2) is 18.5 Å². The molecule has 0 saturated heterocycles. The van der Waals surface area contributed by atoms with Gasteiger partial charge in [-0.15, -0.1) is 0 Å². The van der Waals surface area contributed by atoms with Crippen LogP contribution in [0.5, 0.6) is 0 Å².